The Morgan fingerprint density at radius 3 is 2.50 bits per heavy atom. The maximum Gasteiger partial charge on any atom is 0.181 e. The van der Waals surface area contributed by atoms with Crippen LogP contribution in [0.1, 0.15) is 37.4 Å². The molecule has 1 heterocycles. The van der Waals surface area contributed by atoms with Crippen molar-refractivity contribution < 1.29 is 0 Å². The average Bonchev–Trinajstić information content (AvgIpc) is 2.90. The molecule has 0 saturated heterocycles. The minimum Gasteiger partial charge on any atom is -0.328 e. The van der Waals surface area contributed by atoms with Crippen LogP contribution in [0.4, 0.5) is 0 Å². The molecule has 1 fully saturated rings. The van der Waals surface area contributed by atoms with Crippen LogP contribution in [0.25, 0.3) is 11.4 Å². The molecule has 3 N–H and O–H groups in total. The minimum atomic E-state index is 0.373. The number of H-pyrrole nitrogens is 1. The van der Waals surface area contributed by atoms with Gasteiger partial charge < -0.3 is 5.73 Å². The Kier molecular flexibility index (Phi) is 3.11. The van der Waals surface area contributed by atoms with Gasteiger partial charge in [-0.1, -0.05) is 30.3 Å². The number of hydrogen-bond acceptors (Lipinski definition) is 3. The first-order valence-corrected chi connectivity index (χ1v) is 6.56. The van der Waals surface area contributed by atoms with Gasteiger partial charge in [-0.05, 0) is 25.7 Å². The molecule has 1 saturated carbocycles. The lowest BCUT2D eigenvalue weighted by Crippen LogP contribution is -2.26. The maximum absolute atomic E-state index is 5.93. The molecule has 0 aliphatic heterocycles. The molecule has 1 aliphatic rings. The van der Waals surface area contributed by atoms with Crippen LogP contribution in [0.15, 0.2) is 30.3 Å². The van der Waals surface area contributed by atoms with Gasteiger partial charge in [-0.2, -0.15) is 5.10 Å². The zero-order chi connectivity index (χ0) is 12.4. The molecule has 1 aromatic heterocycles. The molecule has 1 aliphatic carbocycles. The van der Waals surface area contributed by atoms with Crippen molar-refractivity contribution in [3.05, 3.63) is 36.2 Å². The Morgan fingerprint density at radius 1 is 1.06 bits per heavy atom. The zero-order valence-corrected chi connectivity index (χ0v) is 10.3. The van der Waals surface area contributed by atoms with Crippen molar-refractivity contribution >= 4 is 0 Å². The zero-order valence-electron chi connectivity index (χ0n) is 10.3. The number of aromatic nitrogens is 3. The molecule has 18 heavy (non-hydrogen) atoms. The Hall–Kier alpha value is -1.68. The minimum absolute atomic E-state index is 0.373. The van der Waals surface area contributed by atoms with Crippen molar-refractivity contribution in [1.29, 1.82) is 0 Å². The molecule has 2 aromatic rings. The highest BCUT2D eigenvalue weighted by Gasteiger charge is 2.22. The molecule has 0 radical (unpaired) electrons. The first kappa shape index (κ1) is 11.4. The van der Waals surface area contributed by atoms with Crippen LogP contribution in [0.3, 0.4) is 0 Å². The van der Waals surface area contributed by atoms with Gasteiger partial charge in [0, 0.05) is 17.5 Å². The molecule has 0 amide bonds. The molecular weight excluding hydrogens is 224 g/mol. The second kappa shape index (κ2) is 4.90. The first-order chi connectivity index (χ1) is 8.83. The van der Waals surface area contributed by atoms with E-state index in [0.717, 1.165) is 42.9 Å². The summed E-state index contributed by atoms with van der Waals surface area (Å²) in [6.45, 7) is 0. The fourth-order valence-electron chi connectivity index (χ4n) is 2.57. The Balaban J connectivity index is 1.78. The number of benzene rings is 1. The predicted molar refractivity (Wildman–Crippen MR) is 71.0 cm³/mol. The molecule has 94 valence electrons. The normalized spacial score (nSPS) is 24.1. The van der Waals surface area contributed by atoms with E-state index in [0.29, 0.717) is 12.0 Å². The molecular formula is C14H18N4. The van der Waals surface area contributed by atoms with Crippen LogP contribution < -0.4 is 5.73 Å². The van der Waals surface area contributed by atoms with E-state index >= 15 is 0 Å². The van der Waals surface area contributed by atoms with Crippen molar-refractivity contribution in [2.24, 2.45) is 5.73 Å². The Morgan fingerprint density at radius 2 is 1.78 bits per heavy atom. The van der Waals surface area contributed by atoms with Gasteiger partial charge in [0.1, 0.15) is 5.82 Å². The van der Waals surface area contributed by atoms with Crippen LogP contribution in [0.5, 0.6) is 0 Å². The highest BCUT2D eigenvalue weighted by atomic mass is 15.2. The highest BCUT2D eigenvalue weighted by molar-refractivity contribution is 5.53. The second-order valence-electron chi connectivity index (χ2n) is 5.02. The average molecular weight is 242 g/mol. The summed E-state index contributed by atoms with van der Waals surface area (Å²) in [6.07, 6.45) is 4.41. The molecule has 0 spiro atoms. The molecule has 3 rings (SSSR count). The van der Waals surface area contributed by atoms with E-state index in [2.05, 4.69) is 15.2 Å². The quantitative estimate of drug-likeness (QED) is 0.850. The van der Waals surface area contributed by atoms with Crippen molar-refractivity contribution in [3.63, 3.8) is 0 Å². The predicted octanol–water partition coefficient (Wildman–Crippen LogP) is 2.46. The lowest BCUT2D eigenvalue weighted by atomic mass is 9.86. The summed E-state index contributed by atoms with van der Waals surface area (Å²) in [5, 5.41) is 7.40. The lowest BCUT2D eigenvalue weighted by molar-refractivity contribution is 0.385. The van der Waals surface area contributed by atoms with E-state index in [1.807, 2.05) is 30.3 Å². The summed E-state index contributed by atoms with van der Waals surface area (Å²) in [6, 6.07) is 10.4. The van der Waals surface area contributed by atoms with E-state index in [9.17, 15) is 0 Å². The SMILES string of the molecule is NC1CCC(c2nc(-c3ccccc3)n[nH]2)CC1. The van der Waals surface area contributed by atoms with Gasteiger partial charge in [-0.3, -0.25) is 5.10 Å². The standard InChI is InChI=1S/C14H18N4/c15-12-8-6-11(7-9-12)14-16-13(17-18-14)10-4-2-1-3-5-10/h1-5,11-12H,6-9,15H2,(H,16,17,18). The second-order valence-corrected chi connectivity index (χ2v) is 5.02. The number of nitrogens with two attached hydrogens (primary N) is 1. The third-order valence-electron chi connectivity index (χ3n) is 3.69. The number of hydrogen-bond donors (Lipinski definition) is 2. The van der Waals surface area contributed by atoms with Crippen molar-refractivity contribution in [2.45, 2.75) is 37.6 Å². The van der Waals surface area contributed by atoms with Crippen LogP contribution in [0, 0.1) is 0 Å². The summed E-state index contributed by atoms with van der Waals surface area (Å²) in [5.41, 5.74) is 6.99. The number of nitrogens with zero attached hydrogens (tertiary/aromatic N) is 2. The molecule has 0 unspecified atom stereocenters. The van der Waals surface area contributed by atoms with Crippen LogP contribution in [-0.4, -0.2) is 21.2 Å². The summed E-state index contributed by atoms with van der Waals surface area (Å²) < 4.78 is 0. The first-order valence-electron chi connectivity index (χ1n) is 6.56. The topological polar surface area (TPSA) is 67.6 Å². The third kappa shape index (κ3) is 2.29. The monoisotopic (exact) mass is 242 g/mol. The van der Waals surface area contributed by atoms with E-state index in [1.165, 1.54) is 0 Å². The van der Waals surface area contributed by atoms with Crippen LogP contribution in [-0.2, 0) is 0 Å². The van der Waals surface area contributed by atoms with E-state index < -0.39 is 0 Å². The summed E-state index contributed by atoms with van der Waals surface area (Å²) in [7, 11) is 0. The van der Waals surface area contributed by atoms with Gasteiger partial charge in [0.25, 0.3) is 0 Å². The molecule has 0 bridgehead atoms. The third-order valence-corrected chi connectivity index (χ3v) is 3.69. The van der Waals surface area contributed by atoms with Crippen molar-refractivity contribution in [3.8, 4) is 11.4 Å². The van der Waals surface area contributed by atoms with E-state index in [1.54, 1.807) is 0 Å². The number of rotatable bonds is 2. The number of aromatic amines is 1. The largest absolute Gasteiger partial charge is 0.328 e. The van der Waals surface area contributed by atoms with Crippen LogP contribution >= 0.6 is 0 Å². The van der Waals surface area contributed by atoms with Gasteiger partial charge in [0.2, 0.25) is 0 Å². The van der Waals surface area contributed by atoms with Crippen LogP contribution in [0.2, 0.25) is 0 Å². The summed E-state index contributed by atoms with van der Waals surface area (Å²) >= 11 is 0. The Labute approximate surface area is 107 Å². The summed E-state index contributed by atoms with van der Waals surface area (Å²) in [5.74, 6) is 2.30. The van der Waals surface area contributed by atoms with E-state index in [4.69, 9.17) is 5.73 Å². The summed E-state index contributed by atoms with van der Waals surface area (Å²) in [4.78, 5) is 4.62. The van der Waals surface area contributed by atoms with Gasteiger partial charge in [-0.15, -0.1) is 0 Å². The van der Waals surface area contributed by atoms with Crippen molar-refractivity contribution in [1.82, 2.24) is 15.2 Å². The lowest BCUT2D eigenvalue weighted by Gasteiger charge is -2.23. The number of nitrogens with one attached hydrogen (secondary N) is 1. The van der Waals surface area contributed by atoms with Crippen molar-refractivity contribution in [2.75, 3.05) is 0 Å². The maximum atomic E-state index is 5.93. The smallest absolute Gasteiger partial charge is 0.181 e. The molecule has 1 aromatic carbocycles. The molecule has 4 heteroatoms. The van der Waals surface area contributed by atoms with Gasteiger partial charge >= 0.3 is 0 Å². The molecule has 4 nitrogen and oxygen atoms in total. The van der Waals surface area contributed by atoms with Gasteiger partial charge in [0.15, 0.2) is 5.82 Å². The Bertz CT molecular complexity index is 498. The van der Waals surface area contributed by atoms with Gasteiger partial charge in [0.05, 0.1) is 0 Å². The molecule has 0 atom stereocenters. The fraction of sp³-hybridized carbons (Fsp3) is 0.429. The fourth-order valence-corrected chi connectivity index (χ4v) is 2.57. The van der Waals surface area contributed by atoms with Gasteiger partial charge in [-0.25, -0.2) is 4.98 Å². The highest BCUT2D eigenvalue weighted by Crippen LogP contribution is 2.30. The van der Waals surface area contributed by atoms with E-state index in [-0.39, 0.29) is 0 Å².